The van der Waals surface area contributed by atoms with E-state index in [1.165, 1.54) is 9.80 Å². The SMILES string of the molecule is C[C@]12C(=O)N(CCCCCCN3C(=O)[C@H]4[C@H]5C=C[C@@H](C5)[C@@]4(C)C3=O)C(=O)[C@@H]1[C@H]1C=C[C@H]2C1. The molecule has 8 atom stereocenters. The van der Waals surface area contributed by atoms with Crippen LogP contribution in [0.1, 0.15) is 52.4 Å². The highest BCUT2D eigenvalue weighted by atomic mass is 16.2. The molecule has 6 rings (SSSR count). The van der Waals surface area contributed by atoms with Gasteiger partial charge in [-0.2, -0.15) is 0 Å². The highest BCUT2D eigenvalue weighted by Gasteiger charge is 2.68. The molecule has 0 spiro atoms. The molecule has 4 fully saturated rings. The van der Waals surface area contributed by atoms with Gasteiger partial charge < -0.3 is 0 Å². The molecule has 0 aromatic heterocycles. The van der Waals surface area contributed by atoms with Crippen molar-refractivity contribution in [3.8, 4) is 0 Å². The molecule has 2 aliphatic heterocycles. The van der Waals surface area contributed by atoms with Gasteiger partial charge in [-0.05, 0) is 63.2 Å². The van der Waals surface area contributed by atoms with E-state index < -0.39 is 10.8 Å². The van der Waals surface area contributed by atoms with Crippen LogP contribution in [0, 0.1) is 46.3 Å². The van der Waals surface area contributed by atoms with Crippen LogP contribution in [0.3, 0.4) is 0 Å². The topological polar surface area (TPSA) is 74.8 Å². The van der Waals surface area contributed by atoms with Crippen LogP contribution in [-0.4, -0.2) is 46.5 Å². The van der Waals surface area contributed by atoms with Crippen molar-refractivity contribution in [3.63, 3.8) is 0 Å². The zero-order valence-electron chi connectivity index (χ0n) is 19.0. The molecular weight excluding hydrogens is 404 g/mol. The second kappa shape index (κ2) is 6.64. The Kier molecular flexibility index (Phi) is 4.23. The Hall–Kier alpha value is -2.24. The number of amides is 4. The van der Waals surface area contributed by atoms with Crippen molar-refractivity contribution in [3.05, 3.63) is 24.3 Å². The molecule has 0 N–H and O–H groups in total. The fourth-order valence-corrected chi connectivity index (χ4v) is 8.09. The zero-order chi connectivity index (χ0) is 22.4. The molecule has 0 radical (unpaired) electrons. The van der Waals surface area contributed by atoms with Gasteiger partial charge in [0.15, 0.2) is 0 Å². The number of rotatable bonds is 7. The van der Waals surface area contributed by atoms with Crippen LogP contribution in [0.4, 0.5) is 0 Å². The molecule has 0 aromatic rings. The summed E-state index contributed by atoms with van der Waals surface area (Å²) in [5, 5.41) is 0. The largest absolute Gasteiger partial charge is 0.282 e. The summed E-state index contributed by atoms with van der Waals surface area (Å²) in [5.74, 6) is 0.619. The monoisotopic (exact) mass is 436 g/mol. The minimum Gasteiger partial charge on any atom is -0.282 e. The van der Waals surface area contributed by atoms with Crippen LogP contribution in [0.15, 0.2) is 24.3 Å². The Labute approximate surface area is 189 Å². The number of nitrogens with zero attached hydrogens (tertiary/aromatic N) is 2. The number of likely N-dealkylation sites (tertiary alicyclic amines) is 2. The van der Waals surface area contributed by atoms with Crippen molar-refractivity contribution in [2.45, 2.75) is 52.4 Å². The Bertz CT molecular complexity index is 906. The van der Waals surface area contributed by atoms with Gasteiger partial charge in [0, 0.05) is 13.1 Å². The van der Waals surface area contributed by atoms with Crippen LogP contribution >= 0.6 is 0 Å². The number of hydrogen-bond donors (Lipinski definition) is 0. The Balaban J connectivity index is 0.985. The van der Waals surface area contributed by atoms with Crippen molar-refractivity contribution in [1.82, 2.24) is 9.80 Å². The lowest BCUT2D eigenvalue weighted by Crippen LogP contribution is -2.38. The Morgan fingerprint density at radius 3 is 1.47 bits per heavy atom. The van der Waals surface area contributed by atoms with E-state index in [1.807, 2.05) is 13.8 Å². The number of unbranched alkanes of at least 4 members (excludes halogenated alkanes) is 3. The molecule has 6 aliphatic rings. The van der Waals surface area contributed by atoms with Gasteiger partial charge in [0.2, 0.25) is 23.6 Å². The molecule has 0 aromatic carbocycles. The number of fused-ring (bicyclic) bond motifs is 10. The van der Waals surface area contributed by atoms with Gasteiger partial charge in [-0.25, -0.2) is 0 Å². The first-order valence-corrected chi connectivity index (χ1v) is 12.4. The van der Waals surface area contributed by atoms with Gasteiger partial charge in [0.25, 0.3) is 0 Å². The van der Waals surface area contributed by atoms with E-state index in [9.17, 15) is 19.2 Å². The van der Waals surface area contributed by atoms with Crippen molar-refractivity contribution in [2.24, 2.45) is 46.3 Å². The lowest BCUT2D eigenvalue weighted by molar-refractivity contribution is -0.143. The van der Waals surface area contributed by atoms with Gasteiger partial charge in [0.05, 0.1) is 22.7 Å². The third-order valence-electron chi connectivity index (χ3n) is 9.91. The first-order valence-electron chi connectivity index (χ1n) is 12.4. The van der Waals surface area contributed by atoms with E-state index >= 15 is 0 Å². The number of carbonyl (C=O) groups is 4. The molecule has 4 amide bonds. The average molecular weight is 437 g/mol. The minimum atomic E-state index is -0.532. The lowest BCUT2D eigenvalue weighted by Gasteiger charge is -2.28. The normalized spacial score (nSPS) is 45.2. The molecule has 170 valence electrons. The lowest BCUT2D eigenvalue weighted by atomic mass is 9.71. The molecule has 6 nitrogen and oxygen atoms in total. The molecule has 4 bridgehead atoms. The molecule has 4 aliphatic carbocycles. The van der Waals surface area contributed by atoms with Crippen molar-refractivity contribution in [1.29, 1.82) is 0 Å². The smallest absolute Gasteiger partial charge is 0.236 e. The van der Waals surface area contributed by atoms with Gasteiger partial charge >= 0.3 is 0 Å². The summed E-state index contributed by atoms with van der Waals surface area (Å²) < 4.78 is 0. The van der Waals surface area contributed by atoms with E-state index in [0.29, 0.717) is 13.1 Å². The number of imide groups is 2. The fourth-order valence-electron chi connectivity index (χ4n) is 8.09. The molecule has 6 heteroatoms. The Morgan fingerprint density at radius 2 is 1.09 bits per heavy atom. The Morgan fingerprint density at radius 1 is 0.688 bits per heavy atom. The molecule has 32 heavy (non-hydrogen) atoms. The maximum absolute atomic E-state index is 13.0. The van der Waals surface area contributed by atoms with E-state index in [2.05, 4.69) is 24.3 Å². The maximum Gasteiger partial charge on any atom is 0.236 e. The molecule has 0 unspecified atom stereocenters. The zero-order valence-corrected chi connectivity index (χ0v) is 19.0. The summed E-state index contributed by atoms with van der Waals surface area (Å²) >= 11 is 0. The average Bonchev–Trinajstić information content (AvgIpc) is 3.57. The predicted octanol–water partition coefficient (Wildman–Crippen LogP) is 2.94. The molecule has 2 heterocycles. The molecular formula is C26H32N2O4. The fraction of sp³-hybridized carbons (Fsp3) is 0.692. The first-order chi connectivity index (χ1) is 15.3. The summed E-state index contributed by atoms with van der Waals surface area (Å²) in [6.45, 7) is 4.93. The first kappa shape index (κ1) is 20.4. The highest BCUT2D eigenvalue weighted by molar-refractivity contribution is 6.09. The van der Waals surface area contributed by atoms with E-state index in [4.69, 9.17) is 0 Å². The summed E-state index contributed by atoms with van der Waals surface area (Å²) in [6, 6.07) is 0. The minimum absolute atomic E-state index is 0.0145. The van der Waals surface area contributed by atoms with Crippen LogP contribution in [-0.2, 0) is 19.2 Å². The maximum atomic E-state index is 13.0. The summed E-state index contributed by atoms with van der Waals surface area (Å²) in [5.41, 5.74) is -1.06. The van der Waals surface area contributed by atoms with Gasteiger partial charge in [0.1, 0.15) is 0 Å². The van der Waals surface area contributed by atoms with Crippen LogP contribution in [0.5, 0.6) is 0 Å². The molecule has 2 saturated heterocycles. The predicted molar refractivity (Wildman–Crippen MR) is 117 cm³/mol. The number of carbonyl (C=O) groups excluding carboxylic acids is 4. The summed E-state index contributed by atoms with van der Waals surface area (Å²) in [4.78, 5) is 55.0. The van der Waals surface area contributed by atoms with Crippen LogP contribution in [0.2, 0.25) is 0 Å². The van der Waals surface area contributed by atoms with Crippen molar-refractivity contribution in [2.75, 3.05) is 13.1 Å². The quantitative estimate of drug-likeness (QED) is 0.349. The standard InChI is InChI=1S/C26H32N2O4/c1-25-17-9-7-15(13-17)19(25)21(29)27(23(25)31)11-5-3-4-6-12-28-22(30)20-16-8-10-18(14-16)26(20,2)24(28)32/h7-10,15-20H,3-6,11-14H2,1-2H3/t15-,16-,17-,18-,19-,20+,25+,26+/m0/s1. The van der Waals surface area contributed by atoms with Crippen molar-refractivity contribution >= 4 is 23.6 Å². The van der Waals surface area contributed by atoms with Crippen LogP contribution < -0.4 is 0 Å². The van der Waals surface area contributed by atoms with Gasteiger partial charge in [-0.3, -0.25) is 29.0 Å². The van der Waals surface area contributed by atoms with Crippen molar-refractivity contribution < 1.29 is 19.2 Å². The van der Waals surface area contributed by atoms with E-state index in [0.717, 1.165) is 38.5 Å². The summed E-state index contributed by atoms with van der Waals surface area (Å²) in [7, 11) is 0. The highest BCUT2D eigenvalue weighted by Crippen LogP contribution is 2.61. The van der Waals surface area contributed by atoms with Gasteiger partial charge in [-0.1, -0.05) is 37.1 Å². The van der Waals surface area contributed by atoms with E-state index in [-0.39, 0.29) is 59.1 Å². The third kappa shape index (κ3) is 2.31. The second-order valence-corrected chi connectivity index (χ2v) is 11.3. The van der Waals surface area contributed by atoms with E-state index in [1.54, 1.807) is 0 Å². The second-order valence-electron chi connectivity index (χ2n) is 11.3. The van der Waals surface area contributed by atoms with Crippen LogP contribution in [0.25, 0.3) is 0 Å². The number of allylic oxidation sites excluding steroid dienone is 4. The summed E-state index contributed by atoms with van der Waals surface area (Å²) in [6.07, 6.45) is 13.7. The van der Waals surface area contributed by atoms with Gasteiger partial charge in [-0.15, -0.1) is 0 Å². The number of hydrogen-bond acceptors (Lipinski definition) is 4. The third-order valence-corrected chi connectivity index (χ3v) is 9.91. The molecule has 2 saturated carbocycles.